The van der Waals surface area contributed by atoms with Crippen molar-refractivity contribution < 1.29 is 0 Å². The first-order chi connectivity index (χ1) is 8.61. The molecule has 2 heterocycles. The largest absolute Gasteiger partial charge is 0.372 e. The number of nitrogens with one attached hydrogen (secondary N) is 1. The normalized spacial score (nSPS) is 10.4. The molecule has 2 aromatic rings. The van der Waals surface area contributed by atoms with Crippen LogP contribution in [-0.2, 0) is 6.54 Å². The monoisotopic (exact) mass is 390 g/mol. The lowest BCUT2D eigenvalue weighted by Crippen LogP contribution is -2.18. The van der Waals surface area contributed by atoms with Gasteiger partial charge in [0.05, 0.1) is 3.79 Å². The first-order valence-corrected chi connectivity index (χ1v) is 7.70. The molecule has 96 valence electrons. The predicted octanol–water partition coefficient (Wildman–Crippen LogP) is 3.74. The van der Waals surface area contributed by atoms with Crippen molar-refractivity contribution in [1.29, 1.82) is 0 Å². The highest BCUT2D eigenvalue weighted by Gasteiger charge is 2.12. The molecule has 0 aliphatic carbocycles. The van der Waals surface area contributed by atoms with Crippen LogP contribution in [0.2, 0.25) is 0 Å². The second kappa shape index (κ2) is 5.99. The summed E-state index contributed by atoms with van der Waals surface area (Å²) < 4.78 is 2.02. The second-order valence-electron chi connectivity index (χ2n) is 3.72. The number of hydrogen-bond acceptors (Lipinski definition) is 5. The molecule has 0 fully saturated rings. The molecule has 0 amide bonds. The van der Waals surface area contributed by atoms with Gasteiger partial charge in [-0.3, -0.25) is 0 Å². The van der Waals surface area contributed by atoms with Crippen molar-refractivity contribution in [3.63, 3.8) is 0 Å². The maximum Gasteiger partial charge on any atom is 0.148 e. The Balaban J connectivity index is 2.21. The second-order valence-corrected chi connectivity index (χ2v) is 6.81. The Morgan fingerprint density at radius 2 is 2.17 bits per heavy atom. The zero-order chi connectivity index (χ0) is 13.1. The van der Waals surface area contributed by atoms with E-state index in [4.69, 9.17) is 0 Å². The van der Waals surface area contributed by atoms with Gasteiger partial charge in [0.1, 0.15) is 22.4 Å². The molecule has 0 radical (unpaired) electrons. The van der Waals surface area contributed by atoms with Crippen molar-refractivity contribution in [1.82, 2.24) is 9.97 Å². The third-order valence-corrected chi connectivity index (χ3v) is 4.69. The van der Waals surface area contributed by atoms with Crippen LogP contribution in [-0.4, -0.2) is 24.1 Å². The maximum atomic E-state index is 4.31. The van der Waals surface area contributed by atoms with Crippen molar-refractivity contribution in [2.75, 3.05) is 24.3 Å². The number of nitrogens with zero attached hydrogens (tertiary/aromatic N) is 3. The van der Waals surface area contributed by atoms with E-state index >= 15 is 0 Å². The lowest BCUT2D eigenvalue weighted by Gasteiger charge is -2.19. The van der Waals surface area contributed by atoms with Crippen molar-refractivity contribution in [2.45, 2.75) is 6.54 Å². The van der Waals surface area contributed by atoms with Gasteiger partial charge in [-0.1, -0.05) is 0 Å². The highest BCUT2D eigenvalue weighted by Crippen LogP contribution is 2.30. The predicted molar refractivity (Wildman–Crippen MR) is 83.4 cm³/mol. The molecule has 0 spiro atoms. The molecule has 1 N–H and O–H groups in total. The average Bonchev–Trinajstić information content (AvgIpc) is 2.75. The topological polar surface area (TPSA) is 41.1 Å². The number of hydrogen-bond donors (Lipinski definition) is 1. The van der Waals surface area contributed by atoms with Crippen LogP contribution in [0, 0.1) is 0 Å². The molecule has 0 aliphatic rings. The number of aromatic nitrogens is 2. The van der Waals surface area contributed by atoms with E-state index in [2.05, 4.69) is 63.5 Å². The van der Waals surface area contributed by atoms with Gasteiger partial charge in [0, 0.05) is 20.6 Å². The van der Waals surface area contributed by atoms with Gasteiger partial charge in [-0.15, -0.1) is 11.3 Å². The average molecular weight is 392 g/mol. The molecule has 2 rings (SSSR count). The number of rotatable bonds is 4. The van der Waals surface area contributed by atoms with Gasteiger partial charge in [-0.2, -0.15) is 0 Å². The fraction of sp³-hybridized carbons (Fsp3) is 0.273. The Morgan fingerprint density at radius 3 is 2.78 bits per heavy atom. The van der Waals surface area contributed by atoms with Crippen molar-refractivity contribution in [2.24, 2.45) is 0 Å². The molecule has 7 heteroatoms. The van der Waals surface area contributed by atoms with Crippen LogP contribution < -0.4 is 10.2 Å². The first-order valence-electron chi connectivity index (χ1n) is 5.24. The van der Waals surface area contributed by atoms with Crippen LogP contribution in [0.4, 0.5) is 11.6 Å². The molecule has 0 aromatic carbocycles. The zero-order valence-corrected chi connectivity index (χ0v) is 13.9. The molecule has 18 heavy (non-hydrogen) atoms. The van der Waals surface area contributed by atoms with E-state index in [9.17, 15) is 0 Å². The third-order valence-electron chi connectivity index (χ3n) is 2.41. The summed E-state index contributed by atoms with van der Waals surface area (Å²) in [6.07, 6.45) is 1.56. The summed E-state index contributed by atoms with van der Waals surface area (Å²) in [4.78, 5) is 10.5. The highest BCUT2D eigenvalue weighted by atomic mass is 79.9. The fourth-order valence-corrected chi connectivity index (χ4v) is 3.48. The summed E-state index contributed by atoms with van der Waals surface area (Å²) in [5.41, 5.74) is 1.26. The van der Waals surface area contributed by atoms with Crippen molar-refractivity contribution in [3.8, 4) is 0 Å². The number of anilines is 2. The van der Waals surface area contributed by atoms with Crippen LogP contribution >= 0.6 is 43.2 Å². The zero-order valence-electron chi connectivity index (χ0n) is 9.94. The maximum absolute atomic E-state index is 4.31. The quantitative estimate of drug-likeness (QED) is 0.861. The molecule has 0 saturated heterocycles. The minimum Gasteiger partial charge on any atom is -0.372 e. The van der Waals surface area contributed by atoms with E-state index in [1.54, 1.807) is 17.7 Å². The van der Waals surface area contributed by atoms with Gasteiger partial charge in [-0.25, -0.2) is 9.97 Å². The molecular formula is C11H12Br2N4S. The summed E-state index contributed by atoms with van der Waals surface area (Å²) >= 11 is 8.68. The van der Waals surface area contributed by atoms with E-state index < -0.39 is 0 Å². The third kappa shape index (κ3) is 3.02. The van der Waals surface area contributed by atoms with E-state index in [0.29, 0.717) is 0 Å². The van der Waals surface area contributed by atoms with Gasteiger partial charge in [-0.05, 0) is 48.9 Å². The van der Waals surface area contributed by atoms with E-state index in [-0.39, 0.29) is 0 Å². The van der Waals surface area contributed by atoms with Gasteiger partial charge in [0.2, 0.25) is 0 Å². The minimum atomic E-state index is 0.790. The fourth-order valence-electron chi connectivity index (χ4n) is 1.58. The van der Waals surface area contributed by atoms with Crippen LogP contribution in [0.5, 0.6) is 0 Å². The van der Waals surface area contributed by atoms with E-state index in [1.807, 2.05) is 14.1 Å². The molecule has 0 saturated carbocycles. The summed E-state index contributed by atoms with van der Waals surface area (Å²) in [6, 6.07) is 2.12. The lowest BCUT2D eigenvalue weighted by molar-refractivity contribution is 0.890. The van der Waals surface area contributed by atoms with E-state index in [0.717, 1.165) is 26.4 Å². The van der Waals surface area contributed by atoms with Crippen LogP contribution in [0.1, 0.15) is 5.56 Å². The molecular weight excluding hydrogens is 380 g/mol. The molecule has 0 bridgehead atoms. The Kier molecular flexibility index (Phi) is 4.58. The Morgan fingerprint density at radius 1 is 1.39 bits per heavy atom. The van der Waals surface area contributed by atoms with Gasteiger partial charge in [0.15, 0.2) is 0 Å². The Bertz CT molecular complexity index is 544. The van der Waals surface area contributed by atoms with Crippen LogP contribution in [0.25, 0.3) is 0 Å². The van der Waals surface area contributed by atoms with Gasteiger partial charge < -0.3 is 10.2 Å². The molecule has 0 unspecified atom stereocenters. The summed E-state index contributed by atoms with van der Waals surface area (Å²) in [6.45, 7) is 0.806. The van der Waals surface area contributed by atoms with Crippen molar-refractivity contribution in [3.05, 3.63) is 31.6 Å². The van der Waals surface area contributed by atoms with Gasteiger partial charge in [0.25, 0.3) is 0 Å². The highest BCUT2D eigenvalue weighted by molar-refractivity contribution is 9.11. The Hall–Kier alpha value is -0.660. The summed E-state index contributed by atoms with van der Waals surface area (Å²) in [5.74, 6) is 1.66. The molecule has 0 atom stereocenters. The molecule has 0 aliphatic heterocycles. The van der Waals surface area contributed by atoms with E-state index in [1.165, 1.54) is 5.56 Å². The summed E-state index contributed by atoms with van der Waals surface area (Å²) in [7, 11) is 3.85. The Labute approximate surface area is 127 Å². The summed E-state index contributed by atoms with van der Waals surface area (Å²) in [5, 5.41) is 5.16. The smallest absolute Gasteiger partial charge is 0.148 e. The van der Waals surface area contributed by atoms with Crippen molar-refractivity contribution >= 4 is 54.8 Å². The van der Waals surface area contributed by atoms with Crippen LogP contribution in [0.15, 0.2) is 26.0 Å². The molecule has 4 nitrogen and oxygen atoms in total. The number of thiophene rings is 1. The molecule has 2 aromatic heterocycles. The SMILES string of the molecule is CNc1ncnc(N(C)Cc2csc(Br)c2)c1Br. The van der Waals surface area contributed by atoms with Crippen LogP contribution in [0.3, 0.4) is 0 Å². The standard InChI is InChI=1S/C11H12Br2N4S/c1-14-10-9(13)11(16-6-15-10)17(2)4-7-3-8(12)18-5-7/h3,5-6H,4H2,1-2H3,(H,14,15,16). The lowest BCUT2D eigenvalue weighted by atomic mass is 10.3. The minimum absolute atomic E-state index is 0.790. The van der Waals surface area contributed by atoms with Gasteiger partial charge >= 0.3 is 0 Å². The first kappa shape index (κ1) is 13.8. The number of halogens is 2.